The van der Waals surface area contributed by atoms with Crippen LogP contribution < -0.4 is 15.2 Å². The number of nitrogens with two attached hydrogens (primary N) is 1. The van der Waals surface area contributed by atoms with Gasteiger partial charge in [0.2, 0.25) is 23.4 Å². The van der Waals surface area contributed by atoms with Crippen molar-refractivity contribution in [3.8, 4) is 11.8 Å². The average molecular weight is 675 g/mol. The number of nitrogens with zero attached hydrogens (tertiary/aromatic N) is 5. The van der Waals surface area contributed by atoms with Crippen LogP contribution >= 0.6 is 0 Å². The number of likely N-dealkylation sites (tertiary alicyclic amines) is 2. The summed E-state index contributed by atoms with van der Waals surface area (Å²) >= 11 is 0. The molecule has 2 saturated heterocycles. The number of likely N-dealkylation sites (N-methyl/N-ethyl adjacent to an activating group) is 1. The Labute approximate surface area is 280 Å². The molecule has 2 N–H and O–H groups in total. The number of benzene rings is 1. The second kappa shape index (κ2) is 15.0. The van der Waals surface area contributed by atoms with Crippen molar-refractivity contribution in [1.82, 2.24) is 19.8 Å². The van der Waals surface area contributed by atoms with Crippen LogP contribution in [0.25, 0.3) is 0 Å². The summed E-state index contributed by atoms with van der Waals surface area (Å²) in [4.78, 5) is 43.4. The predicted octanol–water partition coefficient (Wildman–Crippen LogP) is 5.12. The Morgan fingerprint density at radius 2 is 1.81 bits per heavy atom. The number of carbonyl (C=O) groups is 2. The minimum atomic E-state index is -1.38. The molecule has 4 rings (SSSR count). The lowest BCUT2D eigenvalue weighted by molar-refractivity contribution is -0.149. The number of oxime groups is 1. The van der Waals surface area contributed by atoms with Crippen molar-refractivity contribution in [2.75, 3.05) is 20.1 Å². The minimum Gasteiger partial charge on any atom is -0.474 e. The van der Waals surface area contributed by atoms with Crippen molar-refractivity contribution in [2.24, 2.45) is 10.9 Å². The maximum Gasteiger partial charge on any atom is 0.410 e. The number of piperidine rings is 1. The zero-order valence-corrected chi connectivity index (χ0v) is 29.0. The summed E-state index contributed by atoms with van der Waals surface area (Å²) in [7, 11) is 1.83. The van der Waals surface area contributed by atoms with Crippen LogP contribution in [-0.4, -0.2) is 93.9 Å². The molecule has 14 heteroatoms. The third kappa shape index (κ3) is 9.09. The molecule has 0 aliphatic carbocycles. The van der Waals surface area contributed by atoms with Gasteiger partial charge in [0, 0.05) is 43.6 Å². The number of aromatic nitrogens is 2. The zero-order valence-electron chi connectivity index (χ0n) is 29.0. The van der Waals surface area contributed by atoms with Gasteiger partial charge in [-0.15, -0.1) is 0 Å². The van der Waals surface area contributed by atoms with Crippen molar-refractivity contribution in [2.45, 2.75) is 116 Å². The Morgan fingerprint density at radius 3 is 2.44 bits per heavy atom. The highest BCUT2D eigenvalue weighted by atomic mass is 19.1. The topological polar surface area (TPSA) is 142 Å². The Bertz CT molecular complexity index is 1480. The smallest absolute Gasteiger partial charge is 0.410 e. The lowest BCUT2D eigenvalue weighted by atomic mass is 9.84. The van der Waals surface area contributed by atoms with Crippen molar-refractivity contribution in [3.05, 3.63) is 47.5 Å². The van der Waals surface area contributed by atoms with E-state index in [1.54, 1.807) is 11.0 Å². The molecular weight excluding hydrogens is 626 g/mol. The van der Waals surface area contributed by atoms with Crippen molar-refractivity contribution in [3.63, 3.8) is 0 Å². The molecule has 1 amide bonds. The molecule has 48 heavy (non-hydrogen) atoms. The Morgan fingerprint density at radius 1 is 1.12 bits per heavy atom. The molecular formula is C34H48F2N6O6. The van der Waals surface area contributed by atoms with E-state index < -0.39 is 35.1 Å². The van der Waals surface area contributed by atoms with Crippen LogP contribution in [0.3, 0.4) is 0 Å². The summed E-state index contributed by atoms with van der Waals surface area (Å²) < 4.78 is 46.7. The number of amides is 1. The Kier molecular flexibility index (Phi) is 11.5. The van der Waals surface area contributed by atoms with Crippen molar-refractivity contribution >= 4 is 17.9 Å². The van der Waals surface area contributed by atoms with Crippen LogP contribution in [-0.2, 0) is 19.8 Å². The molecule has 0 spiro atoms. The second-order valence-electron chi connectivity index (χ2n) is 14.0. The molecule has 0 unspecified atom stereocenters. The fourth-order valence-electron chi connectivity index (χ4n) is 5.99. The summed E-state index contributed by atoms with van der Waals surface area (Å²) in [6, 6.07) is 7.09. The molecule has 3 heterocycles. The van der Waals surface area contributed by atoms with E-state index in [0.717, 1.165) is 0 Å². The van der Waals surface area contributed by atoms with Gasteiger partial charge >= 0.3 is 12.1 Å². The quantitative estimate of drug-likeness (QED) is 0.156. The summed E-state index contributed by atoms with van der Waals surface area (Å²) in [5.41, 5.74) is 4.35. The summed E-state index contributed by atoms with van der Waals surface area (Å²) in [5, 5.41) is 3.78. The summed E-state index contributed by atoms with van der Waals surface area (Å²) in [6.07, 6.45) is -0.0555. The van der Waals surface area contributed by atoms with E-state index in [-0.39, 0.29) is 53.3 Å². The van der Waals surface area contributed by atoms with Gasteiger partial charge in [-0.1, -0.05) is 30.3 Å². The average Bonchev–Trinajstić information content (AvgIpc) is 3.36. The third-order valence-corrected chi connectivity index (χ3v) is 8.65. The maximum atomic E-state index is 14.5. The lowest BCUT2D eigenvalue weighted by Gasteiger charge is -2.39. The second-order valence-corrected chi connectivity index (χ2v) is 14.0. The highest BCUT2D eigenvalue weighted by molar-refractivity contribution is 5.94. The number of alkyl halides is 1. The number of halogens is 2. The lowest BCUT2D eigenvalue weighted by Crippen LogP contribution is -2.50. The van der Waals surface area contributed by atoms with E-state index in [1.807, 2.05) is 46.6 Å². The molecule has 5 atom stereocenters. The summed E-state index contributed by atoms with van der Waals surface area (Å²) in [6.45, 7) is 13.1. The molecule has 0 saturated carbocycles. The van der Waals surface area contributed by atoms with Crippen molar-refractivity contribution < 1.29 is 37.4 Å². The molecule has 1 aromatic heterocycles. The molecule has 0 radical (unpaired) electrons. The van der Waals surface area contributed by atoms with Gasteiger partial charge in [0.1, 0.15) is 29.8 Å². The standard InChI is InChI=1S/C34H48F2N6O6/c1-9-22-17-23(14-15-42(22)32(44)47-33(3,4)5)46-28-18-27(45-20(2)26-16-21(35)19-41(26)8)38-30(39-28)29(37)40-48-31(43)34(6,7)24-12-10-11-13-25(24)36/h10-13,18,20-23,26H,9,14-17,19H2,1-8H3,(H2,37,40)/t20-,21-,22+,23-,26-/m0/s1. The Balaban J connectivity index is 1.56. The van der Waals surface area contributed by atoms with Gasteiger partial charge in [-0.05, 0) is 67.5 Å². The fraction of sp³-hybridized carbons (Fsp3) is 0.618. The molecule has 12 nitrogen and oxygen atoms in total. The van der Waals surface area contributed by atoms with Gasteiger partial charge in [0.05, 0.1) is 11.5 Å². The molecule has 264 valence electrons. The summed E-state index contributed by atoms with van der Waals surface area (Å²) in [5.74, 6) is -1.65. The zero-order chi connectivity index (χ0) is 35.4. The van der Waals surface area contributed by atoms with Crippen LogP contribution in [0.5, 0.6) is 11.8 Å². The minimum absolute atomic E-state index is 0.104. The SMILES string of the molecule is CC[C@@H]1C[C@@H](Oc2cc(O[C@@H](C)[C@@H]3C[C@H](F)CN3C)nc(/C(N)=N/OC(=O)C(C)(C)c3ccccc3F)n2)CCN1C(=O)OC(C)(C)C. The van der Waals surface area contributed by atoms with Gasteiger partial charge in [-0.25, -0.2) is 18.4 Å². The maximum absolute atomic E-state index is 14.5. The number of hydrogen-bond acceptors (Lipinski definition) is 10. The molecule has 2 aromatic rings. The van der Waals surface area contributed by atoms with Crippen LogP contribution in [0.1, 0.15) is 85.5 Å². The van der Waals surface area contributed by atoms with Gasteiger partial charge in [-0.2, -0.15) is 9.97 Å². The van der Waals surface area contributed by atoms with E-state index in [2.05, 4.69) is 15.1 Å². The first-order chi connectivity index (χ1) is 22.5. The van der Waals surface area contributed by atoms with E-state index >= 15 is 0 Å². The van der Waals surface area contributed by atoms with Crippen LogP contribution in [0, 0.1) is 5.82 Å². The Hall–Kier alpha value is -4.07. The predicted molar refractivity (Wildman–Crippen MR) is 175 cm³/mol. The highest BCUT2D eigenvalue weighted by Gasteiger charge is 2.37. The van der Waals surface area contributed by atoms with E-state index in [1.165, 1.54) is 38.1 Å². The van der Waals surface area contributed by atoms with E-state index in [4.69, 9.17) is 24.8 Å². The van der Waals surface area contributed by atoms with Crippen molar-refractivity contribution in [1.29, 1.82) is 0 Å². The number of amidine groups is 1. The number of carbonyl (C=O) groups excluding carboxylic acids is 2. The van der Waals surface area contributed by atoms with Gasteiger partial charge in [-0.3, -0.25) is 4.90 Å². The van der Waals surface area contributed by atoms with E-state index in [9.17, 15) is 18.4 Å². The van der Waals surface area contributed by atoms with Gasteiger partial charge < -0.3 is 29.7 Å². The first kappa shape index (κ1) is 36.8. The normalized spacial score (nSPS) is 23.0. The van der Waals surface area contributed by atoms with Crippen LogP contribution in [0.4, 0.5) is 13.6 Å². The van der Waals surface area contributed by atoms with Crippen LogP contribution in [0.2, 0.25) is 0 Å². The molecule has 2 aliphatic rings. The molecule has 2 fully saturated rings. The number of hydrogen-bond donors (Lipinski definition) is 1. The molecule has 2 aliphatic heterocycles. The number of rotatable bonds is 10. The van der Waals surface area contributed by atoms with Gasteiger partial charge in [0.15, 0.2) is 0 Å². The monoisotopic (exact) mass is 674 g/mol. The molecule has 0 bridgehead atoms. The fourth-order valence-corrected chi connectivity index (χ4v) is 5.99. The van der Waals surface area contributed by atoms with E-state index in [0.29, 0.717) is 38.8 Å². The van der Waals surface area contributed by atoms with Crippen LogP contribution in [0.15, 0.2) is 35.5 Å². The largest absolute Gasteiger partial charge is 0.474 e. The highest BCUT2D eigenvalue weighted by Crippen LogP contribution is 2.30. The molecule has 1 aromatic carbocycles. The first-order valence-electron chi connectivity index (χ1n) is 16.3. The first-order valence-corrected chi connectivity index (χ1v) is 16.3. The van der Waals surface area contributed by atoms with Gasteiger partial charge in [0.25, 0.3) is 0 Å². The third-order valence-electron chi connectivity index (χ3n) is 8.65. The number of ether oxygens (including phenoxy) is 3.